The number of hydrogen-bond acceptors (Lipinski definition) is 0. The SMILES string of the molecule is CC1=CC(C)(C)CC/C1=C/c1cccc(F)c1F. The van der Waals surface area contributed by atoms with Crippen LogP contribution in [0.1, 0.15) is 39.2 Å². The molecule has 0 unspecified atom stereocenters. The number of allylic oxidation sites excluding steroid dienone is 3. The fraction of sp³-hybridized carbons (Fsp3) is 0.375. The van der Waals surface area contributed by atoms with E-state index >= 15 is 0 Å². The second kappa shape index (κ2) is 4.68. The molecule has 1 aromatic rings. The zero-order valence-electron chi connectivity index (χ0n) is 11.1. The van der Waals surface area contributed by atoms with Crippen LogP contribution in [0.3, 0.4) is 0 Å². The summed E-state index contributed by atoms with van der Waals surface area (Å²) in [5.74, 6) is -1.55. The first kappa shape index (κ1) is 13.0. The van der Waals surface area contributed by atoms with Crippen molar-refractivity contribution in [3.05, 3.63) is 52.6 Å². The minimum absolute atomic E-state index is 0.196. The fourth-order valence-corrected chi connectivity index (χ4v) is 2.41. The molecule has 2 heteroatoms. The monoisotopic (exact) mass is 248 g/mol. The van der Waals surface area contributed by atoms with Gasteiger partial charge in [0.05, 0.1) is 0 Å². The van der Waals surface area contributed by atoms with Crippen LogP contribution < -0.4 is 0 Å². The van der Waals surface area contributed by atoms with Gasteiger partial charge in [0.25, 0.3) is 0 Å². The molecular weight excluding hydrogens is 230 g/mol. The molecule has 1 aliphatic rings. The normalized spacial score (nSPS) is 20.9. The second-order valence-corrected chi connectivity index (χ2v) is 5.63. The van der Waals surface area contributed by atoms with Crippen LogP contribution in [0.4, 0.5) is 8.78 Å². The maximum Gasteiger partial charge on any atom is 0.166 e. The molecule has 0 aromatic heterocycles. The van der Waals surface area contributed by atoms with Crippen LogP contribution in [0.5, 0.6) is 0 Å². The Morgan fingerprint density at radius 2 is 1.94 bits per heavy atom. The molecule has 18 heavy (non-hydrogen) atoms. The number of hydrogen-bond donors (Lipinski definition) is 0. The molecule has 2 rings (SSSR count). The van der Waals surface area contributed by atoms with Crippen LogP contribution in [0.2, 0.25) is 0 Å². The zero-order valence-corrected chi connectivity index (χ0v) is 11.1. The third kappa shape index (κ3) is 2.69. The van der Waals surface area contributed by atoms with Gasteiger partial charge < -0.3 is 0 Å². The lowest BCUT2D eigenvalue weighted by atomic mass is 9.77. The van der Waals surface area contributed by atoms with Gasteiger partial charge in [0.15, 0.2) is 11.6 Å². The molecule has 0 fully saturated rings. The average Bonchev–Trinajstić information content (AvgIpc) is 2.27. The maximum absolute atomic E-state index is 13.6. The summed E-state index contributed by atoms with van der Waals surface area (Å²) >= 11 is 0. The Morgan fingerprint density at radius 1 is 1.22 bits per heavy atom. The summed E-state index contributed by atoms with van der Waals surface area (Å²) in [7, 11) is 0. The largest absolute Gasteiger partial charge is 0.204 e. The van der Waals surface area contributed by atoms with Crippen molar-refractivity contribution >= 4 is 6.08 Å². The van der Waals surface area contributed by atoms with Gasteiger partial charge in [-0.3, -0.25) is 0 Å². The van der Waals surface area contributed by atoms with Gasteiger partial charge in [0, 0.05) is 5.56 Å². The highest BCUT2D eigenvalue weighted by atomic mass is 19.2. The third-order valence-electron chi connectivity index (χ3n) is 3.46. The topological polar surface area (TPSA) is 0 Å². The van der Waals surface area contributed by atoms with E-state index in [1.54, 1.807) is 12.1 Å². The molecule has 1 aromatic carbocycles. The summed E-state index contributed by atoms with van der Waals surface area (Å²) < 4.78 is 26.7. The Labute approximate surface area is 107 Å². The van der Waals surface area contributed by atoms with E-state index in [1.807, 2.05) is 6.92 Å². The number of benzene rings is 1. The maximum atomic E-state index is 13.6. The van der Waals surface area contributed by atoms with E-state index in [-0.39, 0.29) is 5.41 Å². The highest BCUT2D eigenvalue weighted by Crippen LogP contribution is 2.37. The van der Waals surface area contributed by atoms with E-state index in [0.29, 0.717) is 5.56 Å². The first-order chi connectivity index (χ1) is 8.39. The third-order valence-corrected chi connectivity index (χ3v) is 3.46. The van der Waals surface area contributed by atoms with E-state index in [0.717, 1.165) is 30.1 Å². The van der Waals surface area contributed by atoms with Crippen LogP contribution in [-0.2, 0) is 0 Å². The molecule has 0 atom stereocenters. The van der Waals surface area contributed by atoms with Crippen LogP contribution in [0.25, 0.3) is 6.08 Å². The smallest absolute Gasteiger partial charge is 0.166 e. The highest BCUT2D eigenvalue weighted by Gasteiger charge is 2.21. The predicted octanol–water partition coefficient (Wildman–Crippen LogP) is 5.11. The summed E-state index contributed by atoms with van der Waals surface area (Å²) in [5.41, 5.74) is 2.79. The van der Waals surface area contributed by atoms with Crippen molar-refractivity contribution < 1.29 is 8.78 Å². The molecule has 0 amide bonds. The van der Waals surface area contributed by atoms with Crippen LogP contribution in [0, 0.1) is 17.0 Å². The molecule has 0 N–H and O–H groups in total. The summed E-state index contributed by atoms with van der Waals surface area (Å²) in [5, 5.41) is 0. The molecule has 0 saturated carbocycles. The molecule has 0 nitrogen and oxygen atoms in total. The lowest BCUT2D eigenvalue weighted by Crippen LogP contribution is -2.13. The lowest BCUT2D eigenvalue weighted by Gasteiger charge is -2.28. The van der Waals surface area contributed by atoms with E-state index in [9.17, 15) is 8.78 Å². The zero-order chi connectivity index (χ0) is 13.3. The average molecular weight is 248 g/mol. The summed E-state index contributed by atoms with van der Waals surface area (Å²) in [4.78, 5) is 0. The Morgan fingerprint density at radius 3 is 2.61 bits per heavy atom. The van der Waals surface area contributed by atoms with E-state index in [1.165, 1.54) is 6.07 Å². The van der Waals surface area contributed by atoms with Gasteiger partial charge in [-0.05, 0) is 42.9 Å². The van der Waals surface area contributed by atoms with Crippen LogP contribution in [0.15, 0.2) is 35.4 Å². The van der Waals surface area contributed by atoms with Crippen molar-refractivity contribution in [2.24, 2.45) is 5.41 Å². The number of halogens is 2. The number of rotatable bonds is 1. The van der Waals surface area contributed by atoms with Crippen molar-refractivity contribution in [2.75, 3.05) is 0 Å². The Bertz CT molecular complexity index is 522. The van der Waals surface area contributed by atoms with Crippen LogP contribution >= 0.6 is 0 Å². The second-order valence-electron chi connectivity index (χ2n) is 5.63. The molecular formula is C16H18F2. The van der Waals surface area contributed by atoms with Gasteiger partial charge >= 0.3 is 0 Å². The van der Waals surface area contributed by atoms with Crippen LogP contribution in [-0.4, -0.2) is 0 Å². The van der Waals surface area contributed by atoms with Crippen molar-refractivity contribution in [1.82, 2.24) is 0 Å². The highest BCUT2D eigenvalue weighted by molar-refractivity contribution is 5.59. The molecule has 96 valence electrons. The van der Waals surface area contributed by atoms with Gasteiger partial charge in [-0.15, -0.1) is 0 Å². The first-order valence-electron chi connectivity index (χ1n) is 6.23. The van der Waals surface area contributed by atoms with E-state index in [2.05, 4.69) is 19.9 Å². The molecule has 0 saturated heterocycles. The standard InChI is InChI=1S/C16H18F2/c1-11-10-16(2,3)8-7-12(11)9-13-5-4-6-14(17)15(13)18/h4-6,9-10H,7-8H2,1-3H3/b12-9-. The Balaban J connectivity index is 2.38. The molecule has 0 radical (unpaired) electrons. The lowest BCUT2D eigenvalue weighted by molar-refractivity contribution is 0.423. The van der Waals surface area contributed by atoms with Gasteiger partial charge in [-0.1, -0.05) is 37.6 Å². The van der Waals surface area contributed by atoms with Crippen molar-refractivity contribution in [3.8, 4) is 0 Å². The minimum atomic E-state index is -0.790. The first-order valence-corrected chi connectivity index (χ1v) is 6.23. The minimum Gasteiger partial charge on any atom is -0.204 e. The Kier molecular flexibility index (Phi) is 3.38. The molecule has 0 spiro atoms. The van der Waals surface area contributed by atoms with E-state index < -0.39 is 11.6 Å². The van der Waals surface area contributed by atoms with Gasteiger partial charge in [0.2, 0.25) is 0 Å². The van der Waals surface area contributed by atoms with Gasteiger partial charge in [-0.25, -0.2) is 8.78 Å². The van der Waals surface area contributed by atoms with Crippen molar-refractivity contribution in [1.29, 1.82) is 0 Å². The fourth-order valence-electron chi connectivity index (χ4n) is 2.41. The van der Waals surface area contributed by atoms with E-state index in [4.69, 9.17) is 0 Å². The molecule has 0 bridgehead atoms. The van der Waals surface area contributed by atoms with Crippen molar-refractivity contribution in [3.63, 3.8) is 0 Å². The predicted molar refractivity (Wildman–Crippen MR) is 71.1 cm³/mol. The summed E-state index contributed by atoms with van der Waals surface area (Å²) in [6.07, 6.45) is 5.91. The summed E-state index contributed by atoms with van der Waals surface area (Å²) in [6, 6.07) is 4.29. The molecule has 0 aliphatic heterocycles. The van der Waals surface area contributed by atoms with Crippen molar-refractivity contribution in [2.45, 2.75) is 33.6 Å². The Hall–Kier alpha value is -1.44. The quantitative estimate of drug-likeness (QED) is 0.647. The molecule has 0 heterocycles. The van der Waals surface area contributed by atoms with Gasteiger partial charge in [0.1, 0.15) is 0 Å². The summed E-state index contributed by atoms with van der Waals surface area (Å²) in [6.45, 7) is 6.41. The van der Waals surface area contributed by atoms with Gasteiger partial charge in [-0.2, -0.15) is 0 Å². The molecule has 1 aliphatic carbocycles.